The van der Waals surface area contributed by atoms with Gasteiger partial charge in [-0.05, 0) is 36.0 Å². The van der Waals surface area contributed by atoms with Gasteiger partial charge in [-0.25, -0.2) is 4.79 Å². The van der Waals surface area contributed by atoms with Crippen molar-refractivity contribution in [2.45, 2.75) is 39.5 Å². The molecule has 1 aromatic carbocycles. The summed E-state index contributed by atoms with van der Waals surface area (Å²) in [5, 5.41) is 0. The molecule has 16 heavy (non-hydrogen) atoms. The van der Waals surface area contributed by atoms with Gasteiger partial charge in [0.1, 0.15) is 0 Å². The first-order valence-electron chi connectivity index (χ1n) is 5.85. The molecule has 0 radical (unpaired) electrons. The summed E-state index contributed by atoms with van der Waals surface area (Å²) in [6, 6.07) is 6.03. The zero-order valence-electron chi connectivity index (χ0n) is 10.5. The fourth-order valence-corrected chi connectivity index (χ4v) is 1.76. The minimum atomic E-state index is -0.243. The van der Waals surface area contributed by atoms with E-state index >= 15 is 0 Å². The monoisotopic (exact) mass is 220 g/mol. The summed E-state index contributed by atoms with van der Waals surface area (Å²) in [6.07, 6.45) is 1.97. The van der Waals surface area contributed by atoms with E-state index in [0.717, 1.165) is 18.4 Å². The predicted molar refractivity (Wildman–Crippen MR) is 65.9 cm³/mol. The van der Waals surface area contributed by atoms with E-state index in [4.69, 9.17) is 4.74 Å². The second-order valence-corrected chi connectivity index (χ2v) is 4.07. The first-order valence-corrected chi connectivity index (χ1v) is 5.85. The molecule has 0 aliphatic rings. The summed E-state index contributed by atoms with van der Waals surface area (Å²) in [5.74, 6) is 0.296. The summed E-state index contributed by atoms with van der Waals surface area (Å²) in [4.78, 5) is 11.5. The van der Waals surface area contributed by atoms with Crippen molar-refractivity contribution in [2.24, 2.45) is 0 Å². The van der Waals surface area contributed by atoms with Crippen LogP contribution in [0.5, 0.6) is 0 Å². The summed E-state index contributed by atoms with van der Waals surface area (Å²) in [5.41, 5.74) is 3.06. The summed E-state index contributed by atoms with van der Waals surface area (Å²) < 4.78 is 4.77. The van der Waals surface area contributed by atoms with Crippen molar-refractivity contribution in [3.05, 3.63) is 34.9 Å². The Morgan fingerprint density at radius 1 is 1.38 bits per heavy atom. The van der Waals surface area contributed by atoms with Gasteiger partial charge in [-0.15, -0.1) is 0 Å². The molecule has 0 aliphatic carbocycles. The van der Waals surface area contributed by atoms with Gasteiger partial charge in [0, 0.05) is 0 Å². The minimum absolute atomic E-state index is 0.243. The van der Waals surface area contributed by atoms with Crippen LogP contribution in [0.2, 0.25) is 0 Å². The Labute approximate surface area is 97.6 Å². The third-order valence-electron chi connectivity index (χ3n) is 3.10. The van der Waals surface area contributed by atoms with Crippen LogP contribution in [0.25, 0.3) is 0 Å². The molecule has 0 aromatic heterocycles. The summed E-state index contributed by atoms with van der Waals surface area (Å²) in [6.45, 7) is 6.43. The highest BCUT2D eigenvalue weighted by molar-refractivity contribution is 5.91. The van der Waals surface area contributed by atoms with Crippen molar-refractivity contribution in [2.75, 3.05) is 7.11 Å². The Bertz CT molecular complexity index is 369. The van der Waals surface area contributed by atoms with E-state index in [9.17, 15) is 4.79 Å². The van der Waals surface area contributed by atoms with Crippen LogP contribution in [0.15, 0.2) is 18.2 Å². The molecule has 0 heterocycles. The van der Waals surface area contributed by atoms with Crippen molar-refractivity contribution in [1.82, 2.24) is 0 Å². The summed E-state index contributed by atoms with van der Waals surface area (Å²) in [7, 11) is 1.42. The van der Waals surface area contributed by atoms with Gasteiger partial charge in [-0.1, -0.05) is 32.9 Å². The van der Waals surface area contributed by atoms with E-state index in [1.807, 2.05) is 12.1 Å². The predicted octanol–water partition coefficient (Wildman–Crippen LogP) is 3.55. The quantitative estimate of drug-likeness (QED) is 0.725. The van der Waals surface area contributed by atoms with Crippen LogP contribution >= 0.6 is 0 Å². The lowest BCUT2D eigenvalue weighted by atomic mass is 9.93. The molecule has 2 heteroatoms. The zero-order valence-corrected chi connectivity index (χ0v) is 10.5. The number of rotatable bonds is 4. The molecule has 0 bridgehead atoms. The van der Waals surface area contributed by atoms with Crippen LogP contribution in [0, 0.1) is 0 Å². The maximum atomic E-state index is 11.5. The second-order valence-electron chi connectivity index (χ2n) is 4.07. The lowest BCUT2D eigenvalue weighted by molar-refractivity contribution is 0.0599. The van der Waals surface area contributed by atoms with Gasteiger partial charge in [-0.3, -0.25) is 0 Å². The van der Waals surface area contributed by atoms with Crippen LogP contribution in [-0.2, 0) is 11.2 Å². The van der Waals surface area contributed by atoms with Gasteiger partial charge in [0.2, 0.25) is 0 Å². The highest BCUT2D eigenvalue weighted by Gasteiger charge is 2.12. The molecule has 0 saturated carbocycles. The van der Waals surface area contributed by atoms with Crippen molar-refractivity contribution in [3.63, 3.8) is 0 Å². The van der Waals surface area contributed by atoms with Gasteiger partial charge in [-0.2, -0.15) is 0 Å². The minimum Gasteiger partial charge on any atom is -0.465 e. The van der Waals surface area contributed by atoms with Crippen LogP contribution in [-0.4, -0.2) is 13.1 Å². The molecule has 0 fully saturated rings. The van der Waals surface area contributed by atoms with E-state index in [2.05, 4.69) is 26.8 Å². The third-order valence-corrected chi connectivity index (χ3v) is 3.10. The number of carbonyl (C=O) groups is 1. The zero-order chi connectivity index (χ0) is 12.1. The van der Waals surface area contributed by atoms with Crippen LogP contribution in [0.1, 0.15) is 54.6 Å². The Kier molecular flexibility index (Phi) is 4.53. The number of hydrogen-bond acceptors (Lipinski definition) is 2. The van der Waals surface area contributed by atoms with Gasteiger partial charge >= 0.3 is 5.97 Å². The van der Waals surface area contributed by atoms with Gasteiger partial charge in [0.15, 0.2) is 0 Å². The molecule has 0 amide bonds. The Morgan fingerprint density at radius 2 is 2.06 bits per heavy atom. The molecular formula is C14H20O2. The second kappa shape index (κ2) is 5.69. The molecule has 1 unspecified atom stereocenters. The Hall–Kier alpha value is -1.31. The Balaban J connectivity index is 3.11. The molecule has 1 aromatic rings. The van der Waals surface area contributed by atoms with Crippen molar-refractivity contribution >= 4 is 5.97 Å². The number of ether oxygens (including phenoxy) is 1. The molecule has 0 spiro atoms. The topological polar surface area (TPSA) is 26.3 Å². The number of hydrogen-bond donors (Lipinski definition) is 0. The maximum absolute atomic E-state index is 11.5. The number of benzene rings is 1. The van der Waals surface area contributed by atoms with Gasteiger partial charge in [0.25, 0.3) is 0 Å². The van der Waals surface area contributed by atoms with Crippen molar-refractivity contribution in [1.29, 1.82) is 0 Å². The van der Waals surface area contributed by atoms with Crippen LogP contribution < -0.4 is 0 Å². The van der Waals surface area contributed by atoms with Crippen LogP contribution in [0.4, 0.5) is 0 Å². The van der Waals surface area contributed by atoms with E-state index in [0.29, 0.717) is 11.5 Å². The highest BCUT2D eigenvalue weighted by atomic mass is 16.5. The fraction of sp³-hybridized carbons (Fsp3) is 0.500. The lowest BCUT2D eigenvalue weighted by Crippen LogP contribution is -2.06. The van der Waals surface area contributed by atoms with E-state index in [-0.39, 0.29) is 5.97 Å². The molecule has 0 saturated heterocycles. The SMILES string of the molecule is CCc1cc(C(C)CC)ccc1C(=O)OC. The molecule has 88 valence electrons. The number of esters is 1. The third kappa shape index (κ3) is 2.63. The Morgan fingerprint density at radius 3 is 2.56 bits per heavy atom. The molecule has 0 N–H and O–H groups in total. The molecule has 2 nitrogen and oxygen atoms in total. The standard InChI is InChI=1S/C14H20O2/c1-5-10(3)12-7-8-13(14(15)16-4)11(6-2)9-12/h7-10H,5-6H2,1-4H3. The maximum Gasteiger partial charge on any atom is 0.338 e. The first-order chi connectivity index (χ1) is 7.63. The van der Waals surface area contributed by atoms with Crippen LogP contribution in [0.3, 0.4) is 0 Å². The van der Waals surface area contributed by atoms with E-state index in [1.165, 1.54) is 12.7 Å². The van der Waals surface area contributed by atoms with E-state index in [1.54, 1.807) is 0 Å². The highest BCUT2D eigenvalue weighted by Crippen LogP contribution is 2.22. The van der Waals surface area contributed by atoms with Gasteiger partial charge in [0.05, 0.1) is 12.7 Å². The average Bonchev–Trinajstić information content (AvgIpc) is 2.35. The number of aryl methyl sites for hydroxylation is 1. The summed E-state index contributed by atoms with van der Waals surface area (Å²) >= 11 is 0. The average molecular weight is 220 g/mol. The number of carbonyl (C=O) groups excluding carboxylic acids is 1. The number of methoxy groups -OCH3 is 1. The molecule has 1 rings (SSSR count). The van der Waals surface area contributed by atoms with Crippen molar-refractivity contribution < 1.29 is 9.53 Å². The smallest absolute Gasteiger partial charge is 0.338 e. The normalized spacial score (nSPS) is 12.2. The van der Waals surface area contributed by atoms with Gasteiger partial charge < -0.3 is 4.74 Å². The molecule has 1 atom stereocenters. The first kappa shape index (κ1) is 12.8. The lowest BCUT2D eigenvalue weighted by Gasteiger charge is -2.13. The molecule has 0 aliphatic heterocycles. The van der Waals surface area contributed by atoms with E-state index < -0.39 is 0 Å². The molecular weight excluding hydrogens is 200 g/mol. The largest absolute Gasteiger partial charge is 0.465 e. The fourth-order valence-electron chi connectivity index (χ4n) is 1.76. The van der Waals surface area contributed by atoms with Crippen molar-refractivity contribution in [3.8, 4) is 0 Å².